The molecule has 6 heteroatoms. The molecule has 1 aliphatic carbocycles. The molecule has 1 saturated carbocycles. The molecular weight excluding hydrogens is 245 g/mol. The molecule has 0 radical (unpaired) electrons. The maximum Gasteiger partial charge on any atom is 0.392 e. The number of halogens is 3. The highest BCUT2D eigenvalue weighted by atomic mass is 19.4. The minimum absolute atomic E-state index is 0.0888. The van der Waals surface area contributed by atoms with Crippen molar-refractivity contribution in [3.8, 4) is 0 Å². The summed E-state index contributed by atoms with van der Waals surface area (Å²) in [5, 5.41) is 10.1. The first-order valence-corrected chi connectivity index (χ1v) is 6.01. The molecule has 3 unspecified atom stereocenters. The van der Waals surface area contributed by atoms with Crippen LogP contribution >= 0.6 is 0 Å². The molecule has 0 amide bonds. The number of hydrogen-bond donors (Lipinski definition) is 1. The van der Waals surface area contributed by atoms with Crippen molar-refractivity contribution in [1.29, 1.82) is 0 Å². The third-order valence-electron chi connectivity index (χ3n) is 3.53. The van der Waals surface area contributed by atoms with Gasteiger partial charge in [0.05, 0.1) is 17.8 Å². The summed E-state index contributed by atoms with van der Waals surface area (Å²) in [5.74, 6) is -2.25. The predicted molar refractivity (Wildman–Crippen MR) is 58.5 cm³/mol. The number of hydrogen-bond acceptors (Lipinski definition) is 3. The van der Waals surface area contributed by atoms with E-state index in [-0.39, 0.29) is 12.1 Å². The fourth-order valence-corrected chi connectivity index (χ4v) is 2.63. The zero-order chi connectivity index (χ0) is 13.2. The molecule has 100 valence electrons. The number of aromatic nitrogens is 2. The average Bonchev–Trinajstić information content (AvgIpc) is 2.38. The van der Waals surface area contributed by atoms with Crippen molar-refractivity contribution in [3.63, 3.8) is 0 Å². The number of alkyl halides is 3. The fraction of sp³-hybridized carbons (Fsp3) is 0.667. The first-order chi connectivity index (χ1) is 8.50. The molecule has 18 heavy (non-hydrogen) atoms. The van der Waals surface area contributed by atoms with Crippen LogP contribution in [0.25, 0.3) is 0 Å². The van der Waals surface area contributed by atoms with Gasteiger partial charge in [0, 0.05) is 18.3 Å². The van der Waals surface area contributed by atoms with Crippen LogP contribution in [0.5, 0.6) is 0 Å². The van der Waals surface area contributed by atoms with Gasteiger partial charge in [-0.25, -0.2) is 0 Å². The van der Waals surface area contributed by atoms with Gasteiger partial charge in [-0.05, 0) is 12.8 Å². The molecule has 1 N–H and O–H groups in total. The van der Waals surface area contributed by atoms with E-state index in [1.165, 1.54) is 18.6 Å². The van der Waals surface area contributed by atoms with Gasteiger partial charge in [0.25, 0.3) is 0 Å². The van der Waals surface area contributed by atoms with Gasteiger partial charge in [-0.15, -0.1) is 0 Å². The fourth-order valence-electron chi connectivity index (χ4n) is 2.63. The Morgan fingerprint density at radius 3 is 2.56 bits per heavy atom. The minimum Gasteiger partial charge on any atom is -0.386 e. The van der Waals surface area contributed by atoms with E-state index in [4.69, 9.17) is 0 Å². The molecule has 2 rings (SSSR count). The lowest BCUT2D eigenvalue weighted by Gasteiger charge is -2.35. The molecule has 1 aliphatic rings. The molecular formula is C12H15F3N2O. The van der Waals surface area contributed by atoms with Gasteiger partial charge in [-0.3, -0.25) is 9.97 Å². The van der Waals surface area contributed by atoms with E-state index in [0.29, 0.717) is 19.3 Å². The van der Waals surface area contributed by atoms with E-state index >= 15 is 0 Å². The van der Waals surface area contributed by atoms with Gasteiger partial charge in [-0.2, -0.15) is 13.2 Å². The quantitative estimate of drug-likeness (QED) is 0.889. The number of nitrogens with zero attached hydrogens (tertiary/aromatic N) is 2. The Hall–Kier alpha value is -1.17. The van der Waals surface area contributed by atoms with Crippen LogP contribution in [0.3, 0.4) is 0 Å². The lowest BCUT2D eigenvalue weighted by Crippen LogP contribution is -2.36. The van der Waals surface area contributed by atoms with E-state index in [0.717, 1.165) is 0 Å². The Bertz CT molecular complexity index is 383. The van der Waals surface area contributed by atoms with Crippen LogP contribution in [0, 0.1) is 11.8 Å². The van der Waals surface area contributed by atoms with E-state index in [9.17, 15) is 18.3 Å². The SMILES string of the molecule is OC(c1cnccn1)C1CCCCC1C(F)(F)F. The molecule has 0 bridgehead atoms. The van der Waals surface area contributed by atoms with Gasteiger partial charge in [0.1, 0.15) is 6.10 Å². The van der Waals surface area contributed by atoms with Crippen molar-refractivity contribution in [2.45, 2.75) is 38.0 Å². The first kappa shape index (κ1) is 13.3. The lowest BCUT2D eigenvalue weighted by atomic mass is 9.75. The molecule has 0 saturated heterocycles. The van der Waals surface area contributed by atoms with Crippen molar-refractivity contribution in [2.24, 2.45) is 11.8 Å². The van der Waals surface area contributed by atoms with E-state index in [1.807, 2.05) is 0 Å². The molecule has 1 fully saturated rings. The third kappa shape index (κ3) is 2.80. The van der Waals surface area contributed by atoms with Crippen molar-refractivity contribution in [2.75, 3.05) is 0 Å². The van der Waals surface area contributed by atoms with E-state index in [2.05, 4.69) is 9.97 Å². The maximum atomic E-state index is 12.9. The Kier molecular flexibility index (Phi) is 3.85. The predicted octanol–water partition coefficient (Wildman–Crippen LogP) is 2.88. The van der Waals surface area contributed by atoms with Crippen LogP contribution in [0.2, 0.25) is 0 Å². The molecule has 0 aromatic carbocycles. The van der Waals surface area contributed by atoms with Crippen molar-refractivity contribution in [3.05, 3.63) is 24.3 Å². The van der Waals surface area contributed by atoms with Crippen LogP contribution in [0.1, 0.15) is 37.5 Å². The number of aliphatic hydroxyl groups is 1. The highest BCUT2D eigenvalue weighted by Crippen LogP contribution is 2.46. The van der Waals surface area contributed by atoms with Crippen molar-refractivity contribution < 1.29 is 18.3 Å². The Morgan fingerprint density at radius 1 is 1.22 bits per heavy atom. The topological polar surface area (TPSA) is 46.0 Å². The average molecular weight is 260 g/mol. The number of aliphatic hydroxyl groups excluding tert-OH is 1. The third-order valence-corrected chi connectivity index (χ3v) is 3.53. The van der Waals surface area contributed by atoms with Gasteiger partial charge < -0.3 is 5.11 Å². The van der Waals surface area contributed by atoms with Crippen LogP contribution in [0.4, 0.5) is 13.2 Å². The van der Waals surface area contributed by atoms with E-state index < -0.39 is 24.1 Å². The summed E-state index contributed by atoms with van der Waals surface area (Å²) in [6.45, 7) is 0. The molecule has 0 aliphatic heterocycles. The number of rotatable bonds is 2. The zero-order valence-corrected chi connectivity index (χ0v) is 9.77. The summed E-state index contributed by atoms with van der Waals surface area (Å²) in [5.41, 5.74) is 0.221. The standard InChI is InChI=1S/C12H15F3N2O/c13-12(14,15)9-4-2-1-3-8(9)11(18)10-7-16-5-6-17-10/h5-9,11,18H,1-4H2. The van der Waals surface area contributed by atoms with Gasteiger partial charge in [0.2, 0.25) is 0 Å². The van der Waals surface area contributed by atoms with Crippen LogP contribution in [-0.2, 0) is 0 Å². The summed E-state index contributed by atoms with van der Waals surface area (Å²) in [6, 6.07) is 0. The minimum atomic E-state index is -4.26. The lowest BCUT2D eigenvalue weighted by molar-refractivity contribution is -0.207. The highest BCUT2D eigenvalue weighted by Gasteiger charge is 2.48. The van der Waals surface area contributed by atoms with Crippen molar-refractivity contribution >= 4 is 0 Å². The summed E-state index contributed by atoms with van der Waals surface area (Å²) < 4.78 is 38.8. The van der Waals surface area contributed by atoms with Crippen LogP contribution in [-0.4, -0.2) is 21.3 Å². The largest absolute Gasteiger partial charge is 0.392 e. The molecule has 3 atom stereocenters. The molecule has 1 heterocycles. The van der Waals surface area contributed by atoms with E-state index in [1.54, 1.807) is 0 Å². The molecule has 3 nitrogen and oxygen atoms in total. The Balaban J connectivity index is 2.19. The highest BCUT2D eigenvalue weighted by molar-refractivity contribution is 5.03. The molecule has 1 aromatic rings. The summed E-state index contributed by atoms with van der Waals surface area (Å²) in [6.07, 6.45) is 0.435. The van der Waals surface area contributed by atoms with Crippen LogP contribution in [0.15, 0.2) is 18.6 Å². The summed E-state index contributed by atoms with van der Waals surface area (Å²) in [4.78, 5) is 7.67. The monoisotopic (exact) mass is 260 g/mol. The van der Waals surface area contributed by atoms with Gasteiger partial charge >= 0.3 is 6.18 Å². The Morgan fingerprint density at radius 2 is 1.94 bits per heavy atom. The second-order valence-electron chi connectivity index (χ2n) is 4.67. The summed E-state index contributed by atoms with van der Waals surface area (Å²) >= 11 is 0. The molecule has 0 spiro atoms. The van der Waals surface area contributed by atoms with Gasteiger partial charge in [-0.1, -0.05) is 12.8 Å². The van der Waals surface area contributed by atoms with Crippen LogP contribution < -0.4 is 0 Å². The normalized spacial score (nSPS) is 26.9. The summed E-state index contributed by atoms with van der Waals surface area (Å²) in [7, 11) is 0. The first-order valence-electron chi connectivity index (χ1n) is 6.01. The smallest absolute Gasteiger partial charge is 0.386 e. The van der Waals surface area contributed by atoms with Gasteiger partial charge in [0.15, 0.2) is 0 Å². The Labute approximate surface area is 103 Å². The molecule has 1 aromatic heterocycles. The second kappa shape index (κ2) is 5.22. The zero-order valence-electron chi connectivity index (χ0n) is 9.77. The van der Waals surface area contributed by atoms with Crippen molar-refractivity contribution in [1.82, 2.24) is 9.97 Å². The second-order valence-corrected chi connectivity index (χ2v) is 4.67. The maximum absolute atomic E-state index is 12.9.